The number of aryl methyl sites for hydroxylation is 2. The lowest BCUT2D eigenvalue weighted by Crippen LogP contribution is -2.33. The molecule has 8 heteroatoms. The maximum atomic E-state index is 12.5. The van der Waals surface area contributed by atoms with Crippen molar-refractivity contribution in [2.75, 3.05) is 36.4 Å². The van der Waals surface area contributed by atoms with Gasteiger partial charge in [0.15, 0.2) is 17.1 Å². The molecule has 5 rings (SSSR count). The Labute approximate surface area is 205 Å². The van der Waals surface area contributed by atoms with Gasteiger partial charge in [-0.25, -0.2) is 14.8 Å². The zero-order valence-electron chi connectivity index (χ0n) is 20.6. The van der Waals surface area contributed by atoms with Crippen LogP contribution in [0.4, 0.5) is 16.2 Å². The third kappa shape index (κ3) is 5.03. The van der Waals surface area contributed by atoms with Crippen LogP contribution in [-0.2, 0) is 0 Å². The number of amides is 1. The standard InChI is InChI=1S/C27H33N5O3/c1-17-13-21(32-12-10-20(16-32)15-31-11-4-5-19(31)3)7-9-23(17)30-27(34)35-24-14-28-26-22(25(24)33)8-6-18(2)29-26/h6-9,13-14,19-20H,4-5,10-12,15-16H2,1-3H3,(H,30,34)(H,28,29,33). The van der Waals surface area contributed by atoms with Crippen LogP contribution in [0.25, 0.3) is 11.0 Å². The molecule has 2 atom stereocenters. The van der Waals surface area contributed by atoms with Crippen LogP contribution in [0, 0.1) is 19.8 Å². The Morgan fingerprint density at radius 1 is 1.20 bits per heavy atom. The molecule has 2 aromatic heterocycles. The summed E-state index contributed by atoms with van der Waals surface area (Å²) in [5.74, 6) is 0.535. The summed E-state index contributed by atoms with van der Waals surface area (Å²) in [6.07, 6.45) is 4.49. The van der Waals surface area contributed by atoms with Gasteiger partial charge < -0.3 is 19.6 Å². The highest BCUT2D eigenvalue weighted by Gasteiger charge is 2.28. The molecule has 4 heterocycles. The van der Waals surface area contributed by atoms with E-state index in [1.165, 1.54) is 44.2 Å². The second-order valence-corrected chi connectivity index (χ2v) is 9.90. The molecule has 3 aromatic rings. The fourth-order valence-electron chi connectivity index (χ4n) is 5.25. The highest BCUT2D eigenvalue weighted by atomic mass is 16.6. The lowest BCUT2D eigenvalue weighted by Gasteiger charge is -2.25. The molecule has 184 valence electrons. The summed E-state index contributed by atoms with van der Waals surface area (Å²) in [4.78, 5) is 26.1. The van der Waals surface area contributed by atoms with Crippen LogP contribution in [0.2, 0.25) is 0 Å². The summed E-state index contributed by atoms with van der Waals surface area (Å²) in [5.41, 5.74) is 4.00. The van der Waals surface area contributed by atoms with E-state index in [0.717, 1.165) is 24.3 Å². The molecule has 2 saturated heterocycles. The van der Waals surface area contributed by atoms with Crippen LogP contribution in [0.5, 0.6) is 11.5 Å². The first kappa shape index (κ1) is 23.4. The lowest BCUT2D eigenvalue weighted by atomic mass is 10.1. The number of rotatable bonds is 5. The summed E-state index contributed by atoms with van der Waals surface area (Å²) >= 11 is 0. The number of hydrogen-bond donors (Lipinski definition) is 2. The molecule has 0 saturated carbocycles. The molecule has 0 radical (unpaired) electrons. The van der Waals surface area contributed by atoms with Gasteiger partial charge in [-0.3, -0.25) is 5.32 Å². The highest BCUT2D eigenvalue weighted by molar-refractivity contribution is 5.90. The maximum Gasteiger partial charge on any atom is 0.417 e. The topological polar surface area (TPSA) is 90.8 Å². The molecule has 2 fully saturated rings. The van der Waals surface area contributed by atoms with Crippen molar-refractivity contribution in [2.45, 2.75) is 46.1 Å². The van der Waals surface area contributed by atoms with E-state index in [4.69, 9.17) is 4.74 Å². The van der Waals surface area contributed by atoms with Crippen LogP contribution in [0.15, 0.2) is 36.5 Å². The van der Waals surface area contributed by atoms with Crippen molar-refractivity contribution in [2.24, 2.45) is 5.92 Å². The molecule has 2 unspecified atom stereocenters. The van der Waals surface area contributed by atoms with Gasteiger partial charge in [0.1, 0.15) is 0 Å². The van der Waals surface area contributed by atoms with Gasteiger partial charge in [-0.15, -0.1) is 0 Å². The van der Waals surface area contributed by atoms with E-state index >= 15 is 0 Å². The number of ether oxygens (including phenoxy) is 1. The Kier molecular flexibility index (Phi) is 6.47. The quantitative estimate of drug-likeness (QED) is 0.544. The van der Waals surface area contributed by atoms with Gasteiger partial charge in [0.25, 0.3) is 0 Å². The number of nitrogens with zero attached hydrogens (tertiary/aromatic N) is 4. The monoisotopic (exact) mass is 475 g/mol. The van der Waals surface area contributed by atoms with Gasteiger partial charge in [0, 0.05) is 42.7 Å². The van der Waals surface area contributed by atoms with Gasteiger partial charge in [-0.05, 0) is 88.4 Å². The third-order valence-corrected chi connectivity index (χ3v) is 7.29. The molecule has 0 aliphatic carbocycles. The van der Waals surface area contributed by atoms with Gasteiger partial charge >= 0.3 is 6.09 Å². The molecule has 0 spiro atoms. The van der Waals surface area contributed by atoms with Crippen LogP contribution in [-0.4, -0.2) is 58.3 Å². The first-order chi connectivity index (χ1) is 16.9. The minimum absolute atomic E-state index is 0.00893. The fourth-order valence-corrected chi connectivity index (χ4v) is 5.25. The van der Waals surface area contributed by atoms with Crippen molar-refractivity contribution >= 4 is 28.5 Å². The van der Waals surface area contributed by atoms with Crippen molar-refractivity contribution in [3.63, 3.8) is 0 Å². The van der Waals surface area contributed by atoms with Gasteiger partial charge in [-0.2, -0.15) is 0 Å². The molecule has 1 amide bonds. The van der Waals surface area contributed by atoms with Crippen LogP contribution < -0.4 is 15.0 Å². The first-order valence-corrected chi connectivity index (χ1v) is 12.4. The second-order valence-electron chi connectivity index (χ2n) is 9.90. The molecular weight excluding hydrogens is 442 g/mol. The molecule has 8 nitrogen and oxygen atoms in total. The minimum atomic E-state index is -0.682. The number of likely N-dealkylation sites (tertiary alicyclic amines) is 1. The fraction of sp³-hybridized carbons (Fsp3) is 0.444. The van der Waals surface area contributed by atoms with E-state index in [2.05, 4.69) is 38.1 Å². The van der Waals surface area contributed by atoms with E-state index in [9.17, 15) is 9.90 Å². The first-order valence-electron chi connectivity index (χ1n) is 12.4. The van der Waals surface area contributed by atoms with E-state index in [-0.39, 0.29) is 11.5 Å². The number of nitrogens with one attached hydrogen (secondary N) is 1. The minimum Gasteiger partial charge on any atom is -0.504 e. The summed E-state index contributed by atoms with van der Waals surface area (Å²) < 4.78 is 5.35. The summed E-state index contributed by atoms with van der Waals surface area (Å²) in [5, 5.41) is 13.7. The van der Waals surface area contributed by atoms with Crippen LogP contribution in [0.1, 0.15) is 37.4 Å². The number of benzene rings is 1. The SMILES string of the molecule is Cc1ccc2c(O)c(OC(=O)Nc3ccc(N4CCC(CN5CCCC5C)C4)cc3C)cnc2n1. The second kappa shape index (κ2) is 9.70. The number of aromatic hydroxyl groups is 1. The third-order valence-electron chi connectivity index (χ3n) is 7.29. The average molecular weight is 476 g/mol. The van der Waals surface area contributed by atoms with Crippen molar-refractivity contribution < 1.29 is 14.6 Å². The van der Waals surface area contributed by atoms with Gasteiger partial charge in [0.05, 0.1) is 11.6 Å². The molecule has 0 bridgehead atoms. The molecule has 35 heavy (non-hydrogen) atoms. The summed E-state index contributed by atoms with van der Waals surface area (Å²) in [6, 6.07) is 10.3. The number of aromatic nitrogens is 2. The Balaban J connectivity index is 1.21. The van der Waals surface area contributed by atoms with Gasteiger partial charge in [-0.1, -0.05) is 0 Å². The van der Waals surface area contributed by atoms with Crippen molar-refractivity contribution in [1.29, 1.82) is 0 Å². The lowest BCUT2D eigenvalue weighted by molar-refractivity contribution is 0.213. The van der Waals surface area contributed by atoms with Crippen molar-refractivity contribution in [1.82, 2.24) is 14.9 Å². The number of hydrogen-bond acceptors (Lipinski definition) is 7. The molecule has 2 aliphatic heterocycles. The number of fused-ring (bicyclic) bond motifs is 1. The van der Waals surface area contributed by atoms with E-state index in [0.29, 0.717) is 28.7 Å². The maximum absolute atomic E-state index is 12.5. The normalized spacial score (nSPS) is 20.5. The number of pyridine rings is 2. The smallest absolute Gasteiger partial charge is 0.417 e. The van der Waals surface area contributed by atoms with E-state index < -0.39 is 6.09 Å². The van der Waals surface area contributed by atoms with Crippen molar-refractivity contribution in [3.05, 3.63) is 47.8 Å². The number of carbonyl (C=O) groups excluding carboxylic acids is 1. The zero-order valence-corrected chi connectivity index (χ0v) is 20.6. The molecule has 2 N–H and O–H groups in total. The van der Waals surface area contributed by atoms with Gasteiger partial charge in [0.2, 0.25) is 0 Å². The predicted molar refractivity (Wildman–Crippen MR) is 137 cm³/mol. The number of anilines is 2. The largest absolute Gasteiger partial charge is 0.504 e. The Hall–Kier alpha value is -3.39. The zero-order chi connectivity index (χ0) is 24.5. The van der Waals surface area contributed by atoms with E-state index in [1.807, 2.05) is 26.0 Å². The Morgan fingerprint density at radius 2 is 2.06 bits per heavy atom. The molecule has 1 aromatic carbocycles. The Bertz CT molecular complexity index is 1250. The molecular formula is C27H33N5O3. The van der Waals surface area contributed by atoms with Crippen LogP contribution in [0.3, 0.4) is 0 Å². The summed E-state index contributed by atoms with van der Waals surface area (Å²) in [7, 11) is 0. The Morgan fingerprint density at radius 3 is 2.83 bits per heavy atom. The average Bonchev–Trinajstić information content (AvgIpc) is 3.46. The summed E-state index contributed by atoms with van der Waals surface area (Å²) in [6.45, 7) is 10.7. The number of carbonyl (C=O) groups is 1. The van der Waals surface area contributed by atoms with Crippen molar-refractivity contribution in [3.8, 4) is 11.5 Å². The highest BCUT2D eigenvalue weighted by Crippen LogP contribution is 2.33. The van der Waals surface area contributed by atoms with E-state index in [1.54, 1.807) is 12.1 Å². The predicted octanol–water partition coefficient (Wildman–Crippen LogP) is 4.87. The molecule has 2 aliphatic rings. The van der Waals surface area contributed by atoms with Crippen LogP contribution >= 0.6 is 0 Å².